The summed E-state index contributed by atoms with van der Waals surface area (Å²) in [7, 11) is 1.64. The Morgan fingerprint density at radius 1 is 0.900 bits per heavy atom. The van der Waals surface area contributed by atoms with Crippen molar-refractivity contribution >= 4 is 22.5 Å². The zero-order valence-electron chi connectivity index (χ0n) is 16.6. The molecule has 152 valence electrons. The maximum atomic E-state index is 14.1. The van der Waals surface area contributed by atoms with Crippen LogP contribution in [0.4, 0.5) is 15.9 Å². The average Bonchev–Trinajstić information content (AvgIpc) is 3.24. The fourth-order valence-corrected chi connectivity index (χ4v) is 3.86. The fourth-order valence-electron chi connectivity index (χ4n) is 3.86. The third-order valence-corrected chi connectivity index (χ3v) is 5.43. The van der Waals surface area contributed by atoms with Crippen LogP contribution < -0.4 is 14.5 Å². The third-order valence-electron chi connectivity index (χ3n) is 5.43. The fraction of sp³-hybridized carbons (Fsp3) is 0.227. The minimum Gasteiger partial charge on any atom is -0.497 e. The van der Waals surface area contributed by atoms with Crippen LogP contribution in [0, 0.1) is 5.82 Å². The quantitative estimate of drug-likeness (QED) is 0.520. The zero-order valence-corrected chi connectivity index (χ0v) is 16.6. The average molecular weight is 404 g/mol. The van der Waals surface area contributed by atoms with Gasteiger partial charge in [-0.3, -0.25) is 0 Å². The summed E-state index contributed by atoms with van der Waals surface area (Å²) in [4.78, 5) is 13.3. The second-order valence-corrected chi connectivity index (χ2v) is 7.11. The second kappa shape index (κ2) is 7.62. The van der Waals surface area contributed by atoms with Crippen LogP contribution in [0.15, 0.2) is 61.1 Å². The Kier molecular flexibility index (Phi) is 4.66. The molecule has 4 aromatic rings. The van der Waals surface area contributed by atoms with Crippen LogP contribution in [0.2, 0.25) is 0 Å². The summed E-state index contributed by atoms with van der Waals surface area (Å²) in [6.45, 7) is 2.93. The van der Waals surface area contributed by atoms with Gasteiger partial charge in [-0.15, -0.1) is 0 Å². The predicted molar refractivity (Wildman–Crippen MR) is 114 cm³/mol. The number of piperazine rings is 1. The highest BCUT2D eigenvalue weighted by Gasteiger charge is 2.23. The second-order valence-electron chi connectivity index (χ2n) is 7.11. The summed E-state index contributed by atoms with van der Waals surface area (Å²) in [6.07, 6.45) is 3.38. The number of nitrogens with zero attached hydrogens (tertiary/aromatic N) is 6. The lowest BCUT2D eigenvalue weighted by atomic mass is 10.2. The highest BCUT2D eigenvalue weighted by atomic mass is 19.1. The first-order valence-corrected chi connectivity index (χ1v) is 9.82. The number of para-hydroxylation sites is 1. The molecule has 8 heteroatoms. The van der Waals surface area contributed by atoms with Gasteiger partial charge in [-0.2, -0.15) is 5.10 Å². The molecule has 0 amide bonds. The molecule has 0 aliphatic carbocycles. The first-order valence-electron chi connectivity index (χ1n) is 9.82. The van der Waals surface area contributed by atoms with Gasteiger partial charge in [0.1, 0.15) is 23.7 Å². The summed E-state index contributed by atoms with van der Waals surface area (Å²) >= 11 is 0. The standard InChI is InChI=1S/C22H21FN6O/c1-30-17-8-6-16(7-9-17)29-22-18(14-26-29)21(24-15-25-22)28-12-10-27(11-13-28)20-5-3-2-4-19(20)23/h2-9,14-15H,10-13H2,1H3. The van der Waals surface area contributed by atoms with Crippen molar-refractivity contribution in [3.8, 4) is 11.4 Å². The summed E-state index contributed by atoms with van der Waals surface area (Å²) in [5.41, 5.74) is 2.30. The normalized spacial score (nSPS) is 14.3. The molecular formula is C22H21FN6O. The van der Waals surface area contributed by atoms with E-state index in [1.807, 2.05) is 36.4 Å². The van der Waals surface area contributed by atoms with Crippen LogP contribution >= 0.6 is 0 Å². The molecule has 0 spiro atoms. The van der Waals surface area contributed by atoms with E-state index in [9.17, 15) is 4.39 Å². The van der Waals surface area contributed by atoms with E-state index in [0.717, 1.165) is 54.5 Å². The van der Waals surface area contributed by atoms with E-state index in [1.165, 1.54) is 6.07 Å². The van der Waals surface area contributed by atoms with Gasteiger partial charge in [0.15, 0.2) is 5.65 Å². The molecule has 0 saturated carbocycles. The van der Waals surface area contributed by atoms with Gasteiger partial charge >= 0.3 is 0 Å². The molecule has 0 radical (unpaired) electrons. The molecule has 0 N–H and O–H groups in total. The van der Waals surface area contributed by atoms with E-state index in [1.54, 1.807) is 30.4 Å². The lowest BCUT2D eigenvalue weighted by Gasteiger charge is -2.36. The van der Waals surface area contributed by atoms with Gasteiger partial charge in [-0.1, -0.05) is 12.1 Å². The van der Waals surface area contributed by atoms with E-state index >= 15 is 0 Å². The van der Waals surface area contributed by atoms with Crippen molar-refractivity contribution < 1.29 is 9.13 Å². The minimum absolute atomic E-state index is 0.184. The van der Waals surface area contributed by atoms with Crippen LogP contribution in [-0.2, 0) is 0 Å². The first kappa shape index (κ1) is 18.4. The number of hydrogen-bond donors (Lipinski definition) is 0. The molecule has 5 rings (SSSR count). The van der Waals surface area contributed by atoms with E-state index in [4.69, 9.17) is 4.74 Å². The molecule has 0 atom stereocenters. The van der Waals surface area contributed by atoms with E-state index in [-0.39, 0.29) is 5.82 Å². The Bertz CT molecular complexity index is 1170. The summed E-state index contributed by atoms with van der Waals surface area (Å²) < 4.78 is 21.2. The number of rotatable bonds is 4. The van der Waals surface area contributed by atoms with Crippen LogP contribution in [0.3, 0.4) is 0 Å². The Balaban J connectivity index is 1.40. The summed E-state index contributed by atoms with van der Waals surface area (Å²) in [5, 5.41) is 5.43. The van der Waals surface area contributed by atoms with Gasteiger partial charge in [0.25, 0.3) is 0 Å². The Morgan fingerprint density at radius 3 is 2.37 bits per heavy atom. The molecule has 30 heavy (non-hydrogen) atoms. The minimum atomic E-state index is -0.184. The van der Waals surface area contributed by atoms with Crippen molar-refractivity contribution in [2.75, 3.05) is 43.1 Å². The van der Waals surface area contributed by atoms with Crippen molar-refractivity contribution in [3.05, 3.63) is 66.9 Å². The van der Waals surface area contributed by atoms with Gasteiger partial charge in [-0.05, 0) is 36.4 Å². The monoisotopic (exact) mass is 404 g/mol. The Morgan fingerprint density at radius 2 is 1.63 bits per heavy atom. The zero-order chi connectivity index (χ0) is 20.5. The largest absolute Gasteiger partial charge is 0.497 e. The number of aromatic nitrogens is 4. The third kappa shape index (κ3) is 3.20. The van der Waals surface area contributed by atoms with Gasteiger partial charge < -0.3 is 14.5 Å². The maximum absolute atomic E-state index is 14.1. The van der Waals surface area contributed by atoms with E-state index in [0.29, 0.717) is 5.69 Å². The molecule has 1 aliphatic heterocycles. The number of hydrogen-bond acceptors (Lipinski definition) is 6. The van der Waals surface area contributed by atoms with Crippen molar-refractivity contribution in [1.82, 2.24) is 19.7 Å². The smallest absolute Gasteiger partial charge is 0.168 e. The molecule has 2 aromatic heterocycles. The van der Waals surface area contributed by atoms with Crippen molar-refractivity contribution in [1.29, 1.82) is 0 Å². The van der Waals surface area contributed by atoms with Crippen LogP contribution in [0.5, 0.6) is 5.75 Å². The van der Waals surface area contributed by atoms with Gasteiger partial charge in [0, 0.05) is 26.2 Å². The van der Waals surface area contributed by atoms with E-state index in [2.05, 4.69) is 24.9 Å². The molecule has 7 nitrogen and oxygen atoms in total. The molecule has 1 aliphatic rings. The number of ether oxygens (including phenoxy) is 1. The highest BCUT2D eigenvalue weighted by molar-refractivity contribution is 5.87. The molecular weight excluding hydrogens is 383 g/mol. The number of halogens is 1. The van der Waals surface area contributed by atoms with Crippen LogP contribution in [0.25, 0.3) is 16.7 Å². The Labute approximate surface area is 173 Å². The Hall–Kier alpha value is -3.68. The van der Waals surface area contributed by atoms with Crippen molar-refractivity contribution in [2.24, 2.45) is 0 Å². The molecule has 1 saturated heterocycles. The van der Waals surface area contributed by atoms with Gasteiger partial charge in [-0.25, -0.2) is 19.0 Å². The molecule has 1 fully saturated rings. The topological polar surface area (TPSA) is 59.3 Å². The predicted octanol–water partition coefficient (Wildman–Crippen LogP) is 3.29. The maximum Gasteiger partial charge on any atom is 0.168 e. The molecule has 0 bridgehead atoms. The molecule has 0 unspecified atom stereocenters. The number of anilines is 2. The highest BCUT2D eigenvalue weighted by Crippen LogP contribution is 2.27. The van der Waals surface area contributed by atoms with Crippen LogP contribution in [-0.4, -0.2) is 53.0 Å². The van der Waals surface area contributed by atoms with Crippen molar-refractivity contribution in [2.45, 2.75) is 0 Å². The van der Waals surface area contributed by atoms with Gasteiger partial charge in [0.05, 0.1) is 30.1 Å². The molecule has 2 aromatic carbocycles. The summed E-state index contributed by atoms with van der Waals surface area (Å²) in [5.74, 6) is 1.46. The number of methoxy groups -OCH3 is 1. The first-order chi connectivity index (χ1) is 14.7. The lowest BCUT2D eigenvalue weighted by Crippen LogP contribution is -2.47. The SMILES string of the molecule is COc1ccc(-n2ncc3c(N4CCN(c5ccccc5F)CC4)ncnc32)cc1. The van der Waals surface area contributed by atoms with Gasteiger partial charge in [0.2, 0.25) is 0 Å². The van der Waals surface area contributed by atoms with Crippen LogP contribution in [0.1, 0.15) is 0 Å². The number of benzene rings is 2. The summed E-state index contributed by atoms with van der Waals surface area (Å²) in [6, 6.07) is 14.6. The lowest BCUT2D eigenvalue weighted by molar-refractivity contribution is 0.414. The molecule has 3 heterocycles. The van der Waals surface area contributed by atoms with Crippen molar-refractivity contribution in [3.63, 3.8) is 0 Å². The van der Waals surface area contributed by atoms with E-state index < -0.39 is 0 Å². The number of fused-ring (bicyclic) bond motifs is 1.